The maximum absolute atomic E-state index is 13.1. The molecule has 0 N–H and O–H groups in total. The second-order valence-corrected chi connectivity index (χ2v) is 8.22. The van der Waals surface area contributed by atoms with Crippen LogP contribution in [0.5, 0.6) is 0 Å². The Labute approximate surface area is 133 Å². The van der Waals surface area contributed by atoms with Crippen LogP contribution in [0.2, 0.25) is 0 Å². The van der Waals surface area contributed by atoms with E-state index in [1.807, 2.05) is 44.2 Å². The van der Waals surface area contributed by atoms with Crippen molar-refractivity contribution in [1.29, 1.82) is 0 Å². The summed E-state index contributed by atoms with van der Waals surface area (Å²) in [5.74, 6) is 0. The molecule has 0 saturated heterocycles. The Kier molecular flexibility index (Phi) is 4.24. The summed E-state index contributed by atoms with van der Waals surface area (Å²) in [6.45, 7) is 3.94. The van der Waals surface area contributed by atoms with Gasteiger partial charge in [-0.15, -0.1) is 0 Å². The number of nitrogens with zero attached hydrogens (tertiary/aromatic N) is 1. The minimum atomic E-state index is -3.44. The lowest BCUT2D eigenvalue weighted by Crippen LogP contribution is -2.43. The molecule has 1 aliphatic rings. The van der Waals surface area contributed by atoms with E-state index in [4.69, 9.17) is 0 Å². The SMILES string of the molecule is CC(C)N(C1CCCC1)S(=O)(=O)c1ccc2ccccc2c1. The van der Waals surface area contributed by atoms with Crippen LogP contribution in [-0.4, -0.2) is 24.8 Å². The lowest BCUT2D eigenvalue weighted by molar-refractivity contribution is 0.275. The molecule has 118 valence electrons. The highest BCUT2D eigenvalue weighted by atomic mass is 32.2. The molecule has 0 aliphatic heterocycles. The minimum Gasteiger partial charge on any atom is -0.207 e. The van der Waals surface area contributed by atoms with Gasteiger partial charge in [-0.2, -0.15) is 4.31 Å². The molecule has 4 heteroatoms. The smallest absolute Gasteiger partial charge is 0.207 e. The molecule has 0 heterocycles. The van der Waals surface area contributed by atoms with Gasteiger partial charge in [0.15, 0.2) is 0 Å². The van der Waals surface area contributed by atoms with Crippen LogP contribution >= 0.6 is 0 Å². The molecule has 2 aromatic carbocycles. The second kappa shape index (κ2) is 6.01. The van der Waals surface area contributed by atoms with Gasteiger partial charge in [0.2, 0.25) is 10.0 Å². The molecule has 0 amide bonds. The van der Waals surface area contributed by atoms with E-state index in [1.54, 1.807) is 16.4 Å². The zero-order valence-corrected chi connectivity index (χ0v) is 14.0. The van der Waals surface area contributed by atoms with E-state index in [9.17, 15) is 8.42 Å². The Morgan fingerprint density at radius 2 is 1.64 bits per heavy atom. The largest absolute Gasteiger partial charge is 0.243 e. The van der Waals surface area contributed by atoms with Gasteiger partial charge in [0, 0.05) is 12.1 Å². The highest BCUT2D eigenvalue weighted by Crippen LogP contribution is 2.31. The Balaban J connectivity index is 2.05. The van der Waals surface area contributed by atoms with Gasteiger partial charge in [0.1, 0.15) is 0 Å². The monoisotopic (exact) mass is 317 g/mol. The summed E-state index contributed by atoms with van der Waals surface area (Å²) < 4.78 is 28.0. The third-order valence-corrected chi connectivity index (χ3v) is 6.61. The topological polar surface area (TPSA) is 37.4 Å². The molecule has 1 saturated carbocycles. The fourth-order valence-corrected chi connectivity index (χ4v) is 5.42. The lowest BCUT2D eigenvalue weighted by Gasteiger charge is -2.31. The maximum atomic E-state index is 13.1. The van der Waals surface area contributed by atoms with Crippen molar-refractivity contribution in [3.8, 4) is 0 Å². The average Bonchev–Trinajstić information content (AvgIpc) is 2.99. The van der Waals surface area contributed by atoms with Crippen LogP contribution in [0.25, 0.3) is 10.8 Å². The first-order valence-corrected chi connectivity index (χ1v) is 9.46. The Morgan fingerprint density at radius 3 is 2.27 bits per heavy atom. The predicted molar refractivity (Wildman–Crippen MR) is 90.4 cm³/mol. The molecule has 1 aliphatic carbocycles. The van der Waals surface area contributed by atoms with Crippen molar-refractivity contribution in [2.24, 2.45) is 0 Å². The standard InChI is InChI=1S/C18H23NO2S/c1-14(2)19(17-9-5-6-10-17)22(20,21)18-12-11-15-7-3-4-8-16(15)13-18/h3-4,7-8,11-14,17H,5-6,9-10H2,1-2H3. The molecule has 0 aromatic heterocycles. The minimum absolute atomic E-state index is 0.0143. The van der Waals surface area contributed by atoms with Crippen LogP contribution < -0.4 is 0 Å². The van der Waals surface area contributed by atoms with Gasteiger partial charge in [0.05, 0.1) is 4.90 Å². The average molecular weight is 317 g/mol. The number of fused-ring (bicyclic) bond motifs is 1. The summed E-state index contributed by atoms with van der Waals surface area (Å²) >= 11 is 0. The molecular weight excluding hydrogens is 294 g/mol. The van der Waals surface area contributed by atoms with Gasteiger partial charge in [-0.1, -0.05) is 43.2 Å². The predicted octanol–water partition coefficient (Wildman–Crippen LogP) is 4.18. The zero-order chi connectivity index (χ0) is 15.7. The number of hydrogen-bond donors (Lipinski definition) is 0. The summed E-state index contributed by atoms with van der Waals surface area (Å²) in [4.78, 5) is 0.409. The summed E-state index contributed by atoms with van der Waals surface area (Å²) in [5.41, 5.74) is 0. The van der Waals surface area contributed by atoms with Gasteiger partial charge in [-0.3, -0.25) is 0 Å². The molecule has 0 bridgehead atoms. The third kappa shape index (κ3) is 2.77. The van der Waals surface area contributed by atoms with Crippen molar-refractivity contribution in [3.63, 3.8) is 0 Å². The van der Waals surface area contributed by atoms with Gasteiger partial charge in [-0.05, 0) is 49.6 Å². The summed E-state index contributed by atoms with van der Waals surface area (Å²) in [7, 11) is -3.44. The van der Waals surface area contributed by atoms with Crippen LogP contribution in [0.4, 0.5) is 0 Å². The Hall–Kier alpha value is -1.39. The van der Waals surface area contributed by atoms with Crippen LogP contribution in [0.1, 0.15) is 39.5 Å². The molecule has 3 rings (SSSR count). The first-order chi connectivity index (χ1) is 10.5. The van der Waals surface area contributed by atoms with Crippen molar-refractivity contribution < 1.29 is 8.42 Å². The Bertz CT molecular complexity index is 762. The van der Waals surface area contributed by atoms with Gasteiger partial charge < -0.3 is 0 Å². The third-order valence-electron chi connectivity index (χ3n) is 4.49. The highest BCUT2D eigenvalue weighted by Gasteiger charge is 2.35. The summed E-state index contributed by atoms with van der Waals surface area (Å²) in [6.07, 6.45) is 4.21. The van der Waals surface area contributed by atoms with E-state index in [2.05, 4.69) is 0 Å². The maximum Gasteiger partial charge on any atom is 0.243 e. The van der Waals surface area contributed by atoms with Gasteiger partial charge in [0.25, 0.3) is 0 Å². The molecule has 3 nitrogen and oxygen atoms in total. The highest BCUT2D eigenvalue weighted by molar-refractivity contribution is 7.89. The lowest BCUT2D eigenvalue weighted by atomic mass is 10.1. The Morgan fingerprint density at radius 1 is 1.00 bits per heavy atom. The molecule has 1 fully saturated rings. The first-order valence-electron chi connectivity index (χ1n) is 8.02. The van der Waals surface area contributed by atoms with Crippen LogP contribution in [0.15, 0.2) is 47.4 Å². The molecule has 22 heavy (non-hydrogen) atoms. The number of rotatable bonds is 4. The summed E-state index contributed by atoms with van der Waals surface area (Å²) in [6, 6.07) is 13.4. The van der Waals surface area contributed by atoms with E-state index in [-0.39, 0.29) is 12.1 Å². The van der Waals surface area contributed by atoms with Crippen LogP contribution in [0, 0.1) is 0 Å². The molecule has 0 radical (unpaired) electrons. The van der Waals surface area contributed by atoms with Gasteiger partial charge in [-0.25, -0.2) is 8.42 Å². The van der Waals surface area contributed by atoms with Crippen molar-refractivity contribution in [3.05, 3.63) is 42.5 Å². The van der Waals surface area contributed by atoms with Crippen molar-refractivity contribution in [1.82, 2.24) is 4.31 Å². The quantitative estimate of drug-likeness (QED) is 0.848. The second-order valence-electron chi connectivity index (χ2n) is 6.38. The number of benzene rings is 2. The van der Waals surface area contributed by atoms with Crippen LogP contribution in [-0.2, 0) is 10.0 Å². The fourth-order valence-electron chi connectivity index (χ4n) is 3.50. The molecule has 0 unspecified atom stereocenters. The van der Waals surface area contributed by atoms with E-state index >= 15 is 0 Å². The summed E-state index contributed by atoms with van der Waals surface area (Å²) in [5, 5.41) is 2.04. The van der Waals surface area contributed by atoms with E-state index in [0.717, 1.165) is 36.5 Å². The number of hydrogen-bond acceptors (Lipinski definition) is 2. The van der Waals surface area contributed by atoms with Gasteiger partial charge >= 0.3 is 0 Å². The number of sulfonamides is 1. The molecule has 2 aromatic rings. The van der Waals surface area contributed by atoms with Crippen molar-refractivity contribution in [2.45, 2.75) is 56.5 Å². The fraction of sp³-hybridized carbons (Fsp3) is 0.444. The molecule has 0 spiro atoms. The molecule has 0 atom stereocenters. The van der Waals surface area contributed by atoms with E-state index in [0.29, 0.717) is 4.90 Å². The van der Waals surface area contributed by atoms with Crippen molar-refractivity contribution >= 4 is 20.8 Å². The first kappa shape index (κ1) is 15.5. The molecular formula is C18H23NO2S. The van der Waals surface area contributed by atoms with Crippen LogP contribution in [0.3, 0.4) is 0 Å². The van der Waals surface area contributed by atoms with Crippen molar-refractivity contribution in [2.75, 3.05) is 0 Å². The van der Waals surface area contributed by atoms with E-state index in [1.165, 1.54) is 0 Å². The van der Waals surface area contributed by atoms with E-state index < -0.39 is 10.0 Å². The zero-order valence-electron chi connectivity index (χ0n) is 13.2. The normalized spacial score (nSPS) is 16.9.